The third-order valence-electron chi connectivity index (χ3n) is 6.87. The van der Waals surface area contributed by atoms with E-state index in [1.54, 1.807) is 6.92 Å². The number of carbonyl (C=O) groups excluding carboxylic acids is 2. The quantitative estimate of drug-likeness (QED) is 0.204. The number of hydrogen-bond donors (Lipinski definition) is 5. The second-order valence-electron chi connectivity index (χ2n) is 10.1. The molecule has 14 heteroatoms. The Morgan fingerprint density at radius 2 is 1.68 bits per heavy atom. The molecule has 0 radical (unpaired) electrons. The molecule has 1 fully saturated rings. The number of nitrogens with one attached hydrogen (secondary N) is 3. The molecule has 3 heterocycles. The summed E-state index contributed by atoms with van der Waals surface area (Å²) in [5, 5.41) is 17.0. The van der Waals surface area contributed by atoms with Gasteiger partial charge in [-0.2, -0.15) is 13.2 Å². The number of rotatable bonds is 6. The molecule has 1 aliphatic rings. The summed E-state index contributed by atoms with van der Waals surface area (Å²) in [5.41, 5.74) is 12.3. The highest BCUT2D eigenvalue weighted by Gasteiger charge is 2.38. The fraction of sp³-hybridized carbons (Fsp3) is 0.233. The molecule has 1 unspecified atom stereocenters. The van der Waals surface area contributed by atoms with Gasteiger partial charge in [-0.05, 0) is 55.3 Å². The molecule has 230 valence electrons. The molecule has 2 aromatic carbocycles. The molecule has 0 bridgehead atoms. The van der Waals surface area contributed by atoms with E-state index in [2.05, 4.69) is 32.5 Å². The molecular weight excluding hydrogens is 579 g/mol. The van der Waals surface area contributed by atoms with Gasteiger partial charge in [-0.25, -0.2) is 14.8 Å². The first-order valence-corrected chi connectivity index (χ1v) is 13.4. The largest absolute Gasteiger partial charge is 0.490 e. The van der Waals surface area contributed by atoms with E-state index in [1.165, 1.54) is 6.33 Å². The fourth-order valence-electron chi connectivity index (χ4n) is 4.68. The molecule has 1 atom stereocenters. The van der Waals surface area contributed by atoms with Crippen LogP contribution in [0.5, 0.6) is 0 Å². The summed E-state index contributed by atoms with van der Waals surface area (Å²) in [6.45, 7) is 7.05. The molecule has 0 spiro atoms. The Bertz CT molecular complexity index is 1710. The molecule has 2 amide bonds. The van der Waals surface area contributed by atoms with Crippen LogP contribution < -0.4 is 21.7 Å². The zero-order valence-corrected chi connectivity index (χ0v) is 23.8. The number of carbonyl (C=O) groups is 3. The second kappa shape index (κ2) is 13.0. The van der Waals surface area contributed by atoms with Crippen molar-refractivity contribution in [3.05, 3.63) is 72.6 Å². The minimum absolute atomic E-state index is 0.0892. The minimum atomic E-state index is -5.08. The monoisotopic (exact) mass is 609 g/mol. The van der Waals surface area contributed by atoms with E-state index in [-0.39, 0.29) is 17.9 Å². The number of benzene rings is 2. The van der Waals surface area contributed by atoms with Crippen molar-refractivity contribution in [3.8, 4) is 22.4 Å². The molecule has 11 nitrogen and oxygen atoms in total. The van der Waals surface area contributed by atoms with Crippen LogP contribution in [0.2, 0.25) is 0 Å². The SMILES string of the molecule is C=C(C)C(=O)Nc1ccc(-c2c(-c3ccc(C(=O)NC4CCNC4)cc3)c3c(N)ncnc3n2C)cc1.O=C(O)C(F)(F)F. The van der Waals surface area contributed by atoms with Gasteiger partial charge in [0.25, 0.3) is 11.8 Å². The number of carboxylic acid groups (broad SMARTS) is 1. The van der Waals surface area contributed by atoms with Crippen molar-refractivity contribution in [2.45, 2.75) is 25.6 Å². The number of nitrogens with two attached hydrogens (primary N) is 1. The zero-order valence-electron chi connectivity index (χ0n) is 23.8. The lowest BCUT2D eigenvalue weighted by Gasteiger charge is -2.13. The number of carboxylic acids is 1. The number of fused-ring (bicyclic) bond motifs is 1. The van der Waals surface area contributed by atoms with Crippen LogP contribution in [0, 0.1) is 0 Å². The lowest BCUT2D eigenvalue weighted by atomic mass is 9.97. The van der Waals surface area contributed by atoms with Gasteiger partial charge in [-0.1, -0.05) is 30.8 Å². The predicted molar refractivity (Wildman–Crippen MR) is 160 cm³/mol. The Morgan fingerprint density at radius 1 is 1.07 bits per heavy atom. The third kappa shape index (κ3) is 7.03. The molecule has 4 aromatic rings. The fourth-order valence-corrected chi connectivity index (χ4v) is 4.68. The lowest BCUT2D eigenvalue weighted by Crippen LogP contribution is -2.36. The van der Waals surface area contributed by atoms with Gasteiger partial charge in [0.2, 0.25) is 0 Å². The maximum absolute atomic E-state index is 12.7. The molecule has 5 rings (SSSR count). The zero-order chi connectivity index (χ0) is 32.2. The minimum Gasteiger partial charge on any atom is -0.475 e. The van der Waals surface area contributed by atoms with Crippen LogP contribution >= 0.6 is 0 Å². The summed E-state index contributed by atoms with van der Waals surface area (Å²) in [4.78, 5) is 42.4. The number of alkyl halides is 3. The van der Waals surface area contributed by atoms with E-state index in [0.717, 1.165) is 47.3 Å². The number of nitrogen functional groups attached to an aromatic ring is 1. The normalized spacial score (nSPS) is 14.4. The van der Waals surface area contributed by atoms with E-state index in [0.29, 0.717) is 28.3 Å². The van der Waals surface area contributed by atoms with Crippen LogP contribution in [0.1, 0.15) is 23.7 Å². The molecule has 6 N–H and O–H groups in total. The summed E-state index contributed by atoms with van der Waals surface area (Å²) >= 11 is 0. The summed E-state index contributed by atoms with van der Waals surface area (Å²) in [6, 6.07) is 15.2. The Hall–Kier alpha value is -5.24. The topological polar surface area (TPSA) is 164 Å². The molecule has 0 saturated carbocycles. The molecule has 44 heavy (non-hydrogen) atoms. The summed E-state index contributed by atoms with van der Waals surface area (Å²) in [6.07, 6.45) is -2.70. The second-order valence-corrected chi connectivity index (χ2v) is 10.1. The first-order chi connectivity index (χ1) is 20.8. The average molecular weight is 610 g/mol. The van der Waals surface area contributed by atoms with Gasteiger partial charge in [0.1, 0.15) is 17.8 Å². The number of hydrogen-bond acceptors (Lipinski definition) is 7. The average Bonchev–Trinajstić information content (AvgIpc) is 3.60. The van der Waals surface area contributed by atoms with Crippen LogP contribution in [-0.2, 0) is 16.6 Å². The number of aromatic nitrogens is 3. The van der Waals surface area contributed by atoms with Crippen molar-refractivity contribution in [1.82, 2.24) is 25.2 Å². The first kappa shape index (κ1) is 31.7. The first-order valence-electron chi connectivity index (χ1n) is 13.4. The third-order valence-corrected chi connectivity index (χ3v) is 6.87. The predicted octanol–water partition coefficient (Wildman–Crippen LogP) is 4.12. The highest BCUT2D eigenvalue weighted by Crippen LogP contribution is 2.41. The van der Waals surface area contributed by atoms with Crippen molar-refractivity contribution in [3.63, 3.8) is 0 Å². The van der Waals surface area contributed by atoms with Crippen LogP contribution in [-0.4, -0.2) is 62.7 Å². The van der Waals surface area contributed by atoms with Crippen LogP contribution in [0.25, 0.3) is 33.4 Å². The Morgan fingerprint density at radius 3 is 2.23 bits per heavy atom. The maximum Gasteiger partial charge on any atom is 0.490 e. The van der Waals surface area contributed by atoms with Gasteiger partial charge in [-0.15, -0.1) is 0 Å². The van der Waals surface area contributed by atoms with Gasteiger partial charge in [0, 0.05) is 42.0 Å². The van der Waals surface area contributed by atoms with Crippen molar-refractivity contribution in [2.75, 3.05) is 24.1 Å². The van der Waals surface area contributed by atoms with Gasteiger partial charge in [0.05, 0.1) is 11.1 Å². The highest BCUT2D eigenvalue weighted by atomic mass is 19.4. The molecular formula is C30H30F3N7O4. The number of anilines is 2. The summed E-state index contributed by atoms with van der Waals surface area (Å²) in [7, 11) is 1.93. The van der Waals surface area contributed by atoms with E-state index in [9.17, 15) is 22.8 Å². The molecule has 1 saturated heterocycles. The number of amides is 2. The maximum atomic E-state index is 12.7. The smallest absolute Gasteiger partial charge is 0.475 e. The van der Waals surface area contributed by atoms with Gasteiger partial charge in [0.15, 0.2) is 0 Å². The Balaban J connectivity index is 0.000000566. The summed E-state index contributed by atoms with van der Waals surface area (Å²) < 4.78 is 33.7. The van der Waals surface area contributed by atoms with Gasteiger partial charge < -0.3 is 31.4 Å². The lowest BCUT2D eigenvalue weighted by molar-refractivity contribution is -0.192. The number of nitrogens with zero attached hydrogens (tertiary/aromatic N) is 3. The Labute approximate surface area is 250 Å². The van der Waals surface area contributed by atoms with E-state index in [1.807, 2.05) is 60.1 Å². The van der Waals surface area contributed by atoms with Crippen molar-refractivity contribution >= 4 is 40.3 Å². The number of aryl methyl sites for hydroxylation is 1. The standard InChI is InChI=1S/C28H29N7O2.C2HF3O2/c1-16(2)27(36)33-20-10-8-18(9-11-20)24-22(23-25(29)31-15-32-26(23)35(24)3)17-4-6-19(7-5-17)28(37)34-21-12-13-30-14-21;3-2(4,5)1(6)7/h4-11,15,21,30H,1,12-14H2,2-3H3,(H,33,36)(H,34,37)(H2,29,31,32);(H,6,7). The van der Waals surface area contributed by atoms with Crippen molar-refractivity contribution in [1.29, 1.82) is 0 Å². The van der Waals surface area contributed by atoms with Gasteiger partial charge in [-0.3, -0.25) is 9.59 Å². The highest BCUT2D eigenvalue weighted by molar-refractivity contribution is 6.08. The molecule has 0 aliphatic carbocycles. The van der Waals surface area contributed by atoms with Crippen LogP contribution in [0.4, 0.5) is 24.7 Å². The molecule has 2 aromatic heterocycles. The van der Waals surface area contributed by atoms with Crippen molar-refractivity contribution < 1.29 is 32.7 Å². The van der Waals surface area contributed by atoms with Crippen molar-refractivity contribution in [2.24, 2.45) is 7.05 Å². The van der Waals surface area contributed by atoms with Crippen LogP contribution in [0.3, 0.4) is 0 Å². The van der Waals surface area contributed by atoms with E-state index in [4.69, 9.17) is 15.6 Å². The molecule has 1 aliphatic heterocycles. The number of aliphatic carboxylic acids is 1. The number of halogens is 3. The van der Waals surface area contributed by atoms with E-state index >= 15 is 0 Å². The summed E-state index contributed by atoms with van der Waals surface area (Å²) in [5.74, 6) is -2.70. The Kier molecular flexibility index (Phi) is 9.33. The van der Waals surface area contributed by atoms with Crippen LogP contribution in [0.15, 0.2) is 67.0 Å². The van der Waals surface area contributed by atoms with E-state index < -0.39 is 12.1 Å². The van der Waals surface area contributed by atoms with Gasteiger partial charge >= 0.3 is 12.1 Å².